The minimum absolute atomic E-state index is 0.916. The Balaban J connectivity index is 2.06. The van der Waals surface area contributed by atoms with Gasteiger partial charge in [0.1, 0.15) is 0 Å². The Bertz CT molecular complexity index is 126. The minimum Gasteiger partial charge on any atom is -0.0654 e. The van der Waals surface area contributed by atoms with Crippen LogP contribution in [-0.4, -0.2) is 0 Å². The van der Waals surface area contributed by atoms with E-state index in [1.165, 1.54) is 44.9 Å². The zero-order valence-electron chi connectivity index (χ0n) is 9.68. The fraction of sp³-hybridized carbons (Fsp3) is 1.00. The molecule has 0 heterocycles. The van der Waals surface area contributed by atoms with E-state index in [4.69, 9.17) is 0 Å². The van der Waals surface area contributed by atoms with E-state index in [0.717, 1.165) is 17.8 Å². The second-order valence-corrected chi connectivity index (χ2v) is 5.22. The SMILES string of the molecule is CCCCCC1CCC1CC(C)C. The number of hydrogen-bond donors (Lipinski definition) is 0. The number of rotatable bonds is 6. The summed E-state index contributed by atoms with van der Waals surface area (Å²) in [6.07, 6.45) is 10.4. The molecule has 78 valence electrons. The molecule has 1 fully saturated rings. The van der Waals surface area contributed by atoms with Crippen LogP contribution in [0.1, 0.15) is 65.7 Å². The Hall–Kier alpha value is 0. The van der Waals surface area contributed by atoms with E-state index in [1.54, 1.807) is 0 Å². The maximum atomic E-state index is 2.36. The van der Waals surface area contributed by atoms with Gasteiger partial charge < -0.3 is 0 Å². The van der Waals surface area contributed by atoms with Gasteiger partial charge in [0.05, 0.1) is 0 Å². The molecule has 2 unspecified atom stereocenters. The lowest BCUT2D eigenvalue weighted by Gasteiger charge is -2.38. The van der Waals surface area contributed by atoms with Crippen molar-refractivity contribution in [1.82, 2.24) is 0 Å². The van der Waals surface area contributed by atoms with Crippen LogP contribution >= 0.6 is 0 Å². The van der Waals surface area contributed by atoms with Crippen molar-refractivity contribution in [1.29, 1.82) is 0 Å². The largest absolute Gasteiger partial charge is 0.0654 e. The Kier molecular flexibility index (Phi) is 4.83. The Morgan fingerprint density at radius 2 is 1.77 bits per heavy atom. The molecule has 0 nitrogen and oxygen atoms in total. The fourth-order valence-corrected chi connectivity index (χ4v) is 2.59. The quantitative estimate of drug-likeness (QED) is 0.525. The van der Waals surface area contributed by atoms with Crippen LogP contribution in [0.15, 0.2) is 0 Å². The maximum Gasteiger partial charge on any atom is -0.0383 e. The summed E-state index contributed by atoms with van der Waals surface area (Å²) in [5.74, 6) is 3.12. The van der Waals surface area contributed by atoms with Gasteiger partial charge in [-0.2, -0.15) is 0 Å². The summed E-state index contributed by atoms with van der Waals surface area (Å²) in [6, 6.07) is 0. The van der Waals surface area contributed by atoms with Crippen LogP contribution in [0, 0.1) is 17.8 Å². The van der Waals surface area contributed by atoms with Crippen LogP contribution < -0.4 is 0 Å². The van der Waals surface area contributed by atoms with E-state index >= 15 is 0 Å². The highest BCUT2D eigenvalue weighted by Crippen LogP contribution is 2.41. The molecule has 0 amide bonds. The van der Waals surface area contributed by atoms with E-state index in [0.29, 0.717) is 0 Å². The summed E-state index contributed by atoms with van der Waals surface area (Å²) in [7, 11) is 0. The predicted octanol–water partition coefficient (Wildman–Crippen LogP) is 4.64. The molecule has 1 saturated carbocycles. The second kappa shape index (κ2) is 5.67. The van der Waals surface area contributed by atoms with Gasteiger partial charge in [-0.1, -0.05) is 46.5 Å². The predicted molar refractivity (Wildman–Crippen MR) is 59.8 cm³/mol. The third-order valence-electron chi connectivity index (χ3n) is 3.53. The molecular weight excluding hydrogens is 156 g/mol. The first-order chi connectivity index (χ1) is 6.24. The van der Waals surface area contributed by atoms with Gasteiger partial charge in [0.15, 0.2) is 0 Å². The van der Waals surface area contributed by atoms with Gasteiger partial charge in [-0.25, -0.2) is 0 Å². The molecule has 13 heavy (non-hydrogen) atoms. The van der Waals surface area contributed by atoms with Gasteiger partial charge in [-0.15, -0.1) is 0 Å². The third kappa shape index (κ3) is 3.70. The topological polar surface area (TPSA) is 0 Å². The third-order valence-corrected chi connectivity index (χ3v) is 3.53. The van der Waals surface area contributed by atoms with Gasteiger partial charge in [-0.05, 0) is 37.0 Å². The molecule has 1 aliphatic rings. The monoisotopic (exact) mass is 182 g/mol. The van der Waals surface area contributed by atoms with Gasteiger partial charge in [0.25, 0.3) is 0 Å². The lowest BCUT2D eigenvalue weighted by atomic mass is 9.68. The van der Waals surface area contributed by atoms with Crippen LogP contribution in [0.5, 0.6) is 0 Å². The molecule has 0 spiro atoms. The summed E-state index contributed by atoms with van der Waals surface area (Å²) < 4.78 is 0. The standard InChI is InChI=1S/C13H26/c1-4-5-6-7-12-8-9-13(12)10-11(2)3/h11-13H,4-10H2,1-3H3. The van der Waals surface area contributed by atoms with E-state index in [2.05, 4.69) is 20.8 Å². The maximum absolute atomic E-state index is 2.36. The second-order valence-electron chi connectivity index (χ2n) is 5.22. The summed E-state index contributed by atoms with van der Waals surface area (Å²) in [6.45, 7) is 7.02. The van der Waals surface area contributed by atoms with E-state index in [-0.39, 0.29) is 0 Å². The van der Waals surface area contributed by atoms with Crippen LogP contribution in [0.3, 0.4) is 0 Å². The first-order valence-electron chi connectivity index (χ1n) is 6.24. The Morgan fingerprint density at radius 3 is 2.23 bits per heavy atom. The van der Waals surface area contributed by atoms with Crippen molar-refractivity contribution in [2.75, 3.05) is 0 Å². The van der Waals surface area contributed by atoms with Crippen molar-refractivity contribution in [2.45, 2.75) is 65.7 Å². The molecule has 0 aliphatic heterocycles. The highest BCUT2D eigenvalue weighted by Gasteiger charge is 2.29. The van der Waals surface area contributed by atoms with Crippen LogP contribution in [0.2, 0.25) is 0 Å². The number of hydrogen-bond acceptors (Lipinski definition) is 0. The molecule has 0 aromatic heterocycles. The normalized spacial score (nSPS) is 27.7. The summed E-state index contributed by atoms with van der Waals surface area (Å²) in [5.41, 5.74) is 0. The first kappa shape index (κ1) is 11.1. The summed E-state index contributed by atoms with van der Waals surface area (Å²) in [5, 5.41) is 0. The number of unbranched alkanes of at least 4 members (excludes halogenated alkanes) is 2. The van der Waals surface area contributed by atoms with Crippen LogP contribution in [-0.2, 0) is 0 Å². The van der Waals surface area contributed by atoms with Crippen molar-refractivity contribution in [3.63, 3.8) is 0 Å². The molecule has 0 saturated heterocycles. The molecule has 0 aromatic rings. The molecule has 0 aromatic carbocycles. The minimum atomic E-state index is 0.916. The molecule has 0 heteroatoms. The summed E-state index contributed by atoms with van der Waals surface area (Å²) in [4.78, 5) is 0. The molecule has 0 N–H and O–H groups in total. The van der Waals surface area contributed by atoms with Crippen LogP contribution in [0.25, 0.3) is 0 Å². The van der Waals surface area contributed by atoms with Crippen molar-refractivity contribution < 1.29 is 0 Å². The smallest absolute Gasteiger partial charge is 0.0383 e. The van der Waals surface area contributed by atoms with E-state index in [1.807, 2.05) is 0 Å². The Morgan fingerprint density at radius 1 is 1.08 bits per heavy atom. The fourth-order valence-electron chi connectivity index (χ4n) is 2.59. The molecule has 1 rings (SSSR count). The average Bonchev–Trinajstić information content (AvgIpc) is 2.06. The highest BCUT2D eigenvalue weighted by molar-refractivity contribution is 4.81. The van der Waals surface area contributed by atoms with Crippen molar-refractivity contribution >= 4 is 0 Å². The first-order valence-corrected chi connectivity index (χ1v) is 6.24. The van der Waals surface area contributed by atoms with Crippen molar-refractivity contribution in [3.05, 3.63) is 0 Å². The summed E-state index contributed by atoms with van der Waals surface area (Å²) >= 11 is 0. The van der Waals surface area contributed by atoms with Gasteiger partial charge in [-0.3, -0.25) is 0 Å². The molecule has 0 bridgehead atoms. The van der Waals surface area contributed by atoms with E-state index < -0.39 is 0 Å². The zero-order valence-corrected chi connectivity index (χ0v) is 9.68. The lowest BCUT2D eigenvalue weighted by molar-refractivity contribution is 0.134. The lowest BCUT2D eigenvalue weighted by Crippen LogP contribution is -2.27. The van der Waals surface area contributed by atoms with Gasteiger partial charge in [0.2, 0.25) is 0 Å². The van der Waals surface area contributed by atoms with Crippen molar-refractivity contribution in [3.8, 4) is 0 Å². The zero-order chi connectivity index (χ0) is 9.68. The average molecular weight is 182 g/mol. The van der Waals surface area contributed by atoms with Gasteiger partial charge >= 0.3 is 0 Å². The van der Waals surface area contributed by atoms with Crippen molar-refractivity contribution in [2.24, 2.45) is 17.8 Å². The van der Waals surface area contributed by atoms with Crippen LogP contribution in [0.4, 0.5) is 0 Å². The molecular formula is C13H26. The molecule has 0 radical (unpaired) electrons. The van der Waals surface area contributed by atoms with Gasteiger partial charge in [0, 0.05) is 0 Å². The Labute approximate surface area is 84.1 Å². The van der Waals surface area contributed by atoms with E-state index in [9.17, 15) is 0 Å². The molecule has 1 aliphatic carbocycles. The molecule has 2 atom stereocenters. The highest BCUT2D eigenvalue weighted by atomic mass is 14.4.